The summed E-state index contributed by atoms with van der Waals surface area (Å²) >= 11 is 0. The predicted octanol–water partition coefficient (Wildman–Crippen LogP) is 2.54. The number of hydrogen-bond donors (Lipinski definition) is 1. The van der Waals surface area contributed by atoms with Gasteiger partial charge >= 0.3 is 0 Å². The van der Waals surface area contributed by atoms with Crippen LogP contribution in [0.3, 0.4) is 0 Å². The smallest absolute Gasteiger partial charge is 0.220 e. The Morgan fingerprint density at radius 3 is 2.50 bits per heavy atom. The normalized spacial score (nSPS) is 14.3. The maximum Gasteiger partial charge on any atom is 0.220 e. The molecule has 0 bridgehead atoms. The molecule has 0 saturated heterocycles. The van der Waals surface area contributed by atoms with E-state index in [1.165, 1.54) is 5.56 Å². The van der Waals surface area contributed by atoms with Crippen LogP contribution < -0.4 is 5.32 Å². The van der Waals surface area contributed by atoms with E-state index >= 15 is 0 Å². The third-order valence-corrected chi connectivity index (χ3v) is 3.35. The molecule has 0 heterocycles. The van der Waals surface area contributed by atoms with Gasteiger partial charge in [0, 0.05) is 24.4 Å². The van der Waals surface area contributed by atoms with Crippen LogP contribution in [0.4, 0.5) is 0 Å². The molecule has 1 aromatic rings. The summed E-state index contributed by atoms with van der Waals surface area (Å²) in [5.74, 6) is 0.0405. The maximum absolute atomic E-state index is 11.9. The molecule has 0 aliphatic heterocycles. The monoisotopic (exact) mass is 245 g/mol. The molecular weight excluding hydrogens is 226 g/mol. The van der Waals surface area contributed by atoms with Crippen molar-refractivity contribution in [1.82, 2.24) is 5.32 Å². The van der Waals surface area contributed by atoms with Gasteiger partial charge in [0.1, 0.15) is 0 Å². The van der Waals surface area contributed by atoms with Crippen molar-refractivity contribution in [3.05, 3.63) is 34.9 Å². The van der Waals surface area contributed by atoms with Crippen LogP contribution in [0, 0.1) is 13.8 Å². The lowest BCUT2D eigenvalue weighted by Gasteiger charge is -2.05. The van der Waals surface area contributed by atoms with Gasteiger partial charge in [-0.2, -0.15) is 0 Å². The Kier molecular flexibility index (Phi) is 3.80. The Labute approximate surface area is 108 Å². The molecule has 1 saturated carbocycles. The van der Waals surface area contributed by atoms with E-state index in [-0.39, 0.29) is 11.7 Å². The van der Waals surface area contributed by atoms with Crippen molar-refractivity contribution in [2.75, 3.05) is 0 Å². The molecule has 18 heavy (non-hydrogen) atoms. The molecule has 1 amide bonds. The van der Waals surface area contributed by atoms with Crippen LogP contribution in [0.2, 0.25) is 0 Å². The number of carbonyl (C=O) groups excluding carboxylic acids is 2. The molecule has 0 aromatic heterocycles. The van der Waals surface area contributed by atoms with Gasteiger partial charge in [-0.15, -0.1) is 0 Å². The Morgan fingerprint density at radius 1 is 1.17 bits per heavy atom. The van der Waals surface area contributed by atoms with E-state index < -0.39 is 0 Å². The molecule has 1 aliphatic carbocycles. The highest BCUT2D eigenvalue weighted by molar-refractivity contribution is 5.98. The first kappa shape index (κ1) is 12.8. The van der Waals surface area contributed by atoms with Crippen molar-refractivity contribution >= 4 is 11.7 Å². The molecule has 0 spiro atoms. The van der Waals surface area contributed by atoms with Crippen molar-refractivity contribution in [2.24, 2.45) is 0 Å². The Balaban J connectivity index is 1.86. The fraction of sp³-hybridized carbons (Fsp3) is 0.467. The lowest BCUT2D eigenvalue weighted by molar-refractivity contribution is -0.121. The van der Waals surface area contributed by atoms with E-state index in [1.54, 1.807) is 0 Å². The van der Waals surface area contributed by atoms with Crippen molar-refractivity contribution in [1.29, 1.82) is 0 Å². The van der Waals surface area contributed by atoms with Gasteiger partial charge < -0.3 is 5.32 Å². The summed E-state index contributed by atoms with van der Waals surface area (Å²) in [6, 6.07) is 6.06. The Morgan fingerprint density at radius 2 is 1.89 bits per heavy atom. The van der Waals surface area contributed by atoms with Crippen LogP contribution in [0.15, 0.2) is 18.2 Å². The average molecular weight is 245 g/mol. The minimum atomic E-state index is -0.00492. The molecule has 1 fully saturated rings. The van der Waals surface area contributed by atoms with Crippen molar-refractivity contribution in [3.8, 4) is 0 Å². The number of benzene rings is 1. The van der Waals surface area contributed by atoms with E-state index in [4.69, 9.17) is 0 Å². The summed E-state index contributed by atoms with van der Waals surface area (Å²) in [7, 11) is 0. The molecule has 0 unspecified atom stereocenters. The van der Waals surface area contributed by atoms with Gasteiger partial charge in [0.2, 0.25) is 5.91 Å². The lowest BCUT2D eigenvalue weighted by atomic mass is 10.0. The lowest BCUT2D eigenvalue weighted by Crippen LogP contribution is -2.25. The van der Waals surface area contributed by atoms with Crippen LogP contribution >= 0.6 is 0 Å². The molecule has 0 atom stereocenters. The van der Waals surface area contributed by atoms with Crippen molar-refractivity contribution in [2.45, 2.75) is 45.6 Å². The first-order valence-corrected chi connectivity index (χ1v) is 6.46. The van der Waals surface area contributed by atoms with Crippen molar-refractivity contribution in [3.63, 3.8) is 0 Å². The van der Waals surface area contributed by atoms with Crippen molar-refractivity contribution < 1.29 is 9.59 Å². The Hall–Kier alpha value is -1.64. The van der Waals surface area contributed by atoms with Gasteiger partial charge in [-0.05, 0) is 43.9 Å². The zero-order valence-electron chi connectivity index (χ0n) is 11.0. The largest absolute Gasteiger partial charge is 0.353 e. The van der Waals surface area contributed by atoms with Crippen LogP contribution in [-0.4, -0.2) is 17.7 Å². The average Bonchev–Trinajstić information content (AvgIpc) is 3.13. The number of ketones is 1. The number of nitrogens with one attached hydrogen (secondary N) is 1. The standard InChI is InChI=1S/C15H19NO2/c1-10-3-4-12(9-11(10)2)14(17)7-8-15(18)16-13-5-6-13/h3-4,9,13H,5-8H2,1-2H3,(H,16,18). The van der Waals surface area contributed by atoms with E-state index in [1.807, 2.05) is 32.0 Å². The Bertz CT molecular complexity index is 475. The number of rotatable bonds is 5. The first-order chi connectivity index (χ1) is 8.56. The predicted molar refractivity (Wildman–Crippen MR) is 70.6 cm³/mol. The van der Waals surface area contributed by atoms with E-state index in [2.05, 4.69) is 5.32 Å². The van der Waals surface area contributed by atoms with Gasteiger partial charge in [0.15, 0.2) is 5.78 Å². The summed E-state index contributed by atoms with van der Waals surface area (Å²) in [4.78, 5) is 23.4. The second-order valence-corrected chi connectivity index (χ2v) is 5.06. The van der Waals surface area contributed by atoms with Crippen LogP contribution in [0.25, 0.3) is 0 Å². The number of aryl methyl sites for hydroxylation is 2. The quantitative estimate of drug-likeness (QED) is 0.810. The molecule has 0 radical (unpaired) electrons. The fourth-order valence-corrected chi connectivity index (χ4v) is 1.81. The van der Waals surface area contributed by atoms with Crippen LogP contribution in [0.5, 0.6) is 0 Å². The number of amides is 1. The maximum atomic E-state index is 11.9. The molecule has 3 heteroatoms. The van der Waals surface area contributed by atoms with Gasteiger partial charge in [0.05, 0.1) is 0 Å². The summed E-state index contributed by atoms with van der Waals surface area (Å²) in [6.07, 6.45) is 2.75. The molecule has 96 valence electrons. The second-order valence-electron chi connectivity index (χ2n) is 5.06. The fourth-order valence-electron chi connectivity index (χ4n) is 1.81. The van der Waals surface area contributed by atoms with E-state index in [0.717, 1.165) is 18.4 Å². The number of carbonyl (C=O) groups is 2. The SMILES string of the molecule is Cc1ccc(C(=O)CCC(=O)NC2CC2)cc1C. The molecule has 1 N–H and O–H groups in total. The highest BCUT2D eigenvalue weighted by Gasteiger charge is 2.23. The summed E-state index contributed by atoms with van der Waals surface area (Å²) in [6.45, 7) is 4.01. The first-order valence-electron chi connectivity index (χ1n) is 6.46. The second kappa shape index (κ2) is 5.34. The van der Waals surface area contributed by atoms with E-state index in [9.17, 15) is 9.59 Å². The van der Waals surface area contributed by atoms with Gasteiger partial charge in [-0.3, -0.25) is 9.59 Å². The number of Topliss-reactive ketones (excluding diaryl/α,β-unsaturated/α-hetero) is 1. The molecule has 1 aliphatic rings. The van der Waals surface area contributed by atoms with E-state index in [0.29, 0.717) is 24.4 Å². The minimum Gasteiger partial charge on any atom is -0.353 e. The minimum absolute atomic E-state index is 0.00492. The molecule has 1 aromatic carbocycles. The third kappa shape index (κ3) is 3.42. The summed E-state index contributed by atoms with van der Waals surface area (Å²) in [5.41, 5.74) is 3.00. The van der Waals surface area contributed by atoms with Gasteiger partial charge in [-0.25, -0.2) is 0 Å². The highest BCUT2D eigenvalue weighted by atomic mass is 16.2. The van der Waals surface area contributed by atoms with Crippen LogP contribution in [-0.2, 0) is 4.79 Å². The zero-order valence-corrected chi connectivity index (χ0v) is 11.0. The van der Waals surface area contributed by atoms with Gasteiger partial charge in [0.25, 0.3) is 0 Å². The number of hydrogen-bond acceptors (Lipinski definition) is 2. The van der Waals surface area contributed by atoms with Gasteiger partial charge in [-0.1, -0.05) is 12.1 Å². The molecule has 3 nitrogen and oxygen atoms in total. The topological polar surface area (TPSA) is 46.2 Å². The molecular formula is C15H19NO2. The summed E-state index contributed by atoms with van der Waals surface area (Å²) in [5, 5.41) is 2.89. The van der Waals surface area contributed by atoms with Crippen LogP contribution in [0.1, 0.15) is 47.2 Å². The summed E-state index contributed by atoms with van der Waals surface area (Å²) < 4.78 is 0. The zero-order chi connectivity index (χ0) is 13.1. The highest BCUT2D eigenvalue weighted by Crippen LogP contribution is 2.19. The third-order valence-electron chi connectivity index (χ3n) is 3.35. The molecule has 2 rings (SSSR count).